The van der Waals surface area contributed by atoms with Gasteiger partial charge in [0.05, 0.1) is 13.2 Å². The Hall–Kier alpha value is -1.37. The van der Waals surface area contributed by atoms with Gasteiger partial charge < -0.3 is 9.47 Å². The average molecular weight is 569 g/mol. The van der Waals surface area contributed by atoms with Crippen molar-refractivity contribution in [1.29, 1.82) is 0 Å². The zero-order valence-corrected chi connectivity index (χ0v) is 29.6. The van der Waals surface area contributed by atoms with E-state index in [1.54, 1.807) is 0 Å². The smallest absolute Gasteiger partial charge is 0.126 e. The Balaban J connectivity index is 2.72. The Morgan fingerprint density at radius 3 is 1.50 bits per heavy atom. The second kappa shape index (κ2) is 13.3. The molecule has 3 heteroatoms. The highest BCUT2D eigenvalue weighted by molar-refractivity contribution is 7.73. The molecule has 0 saturated carbocycles. The van der Waals surface area contributed by atoms with Crippen LogP contribution in [0.4, 0.5) is 0 Å². The number of hydrogen-bond donors (Lipinski definition) is 0. The summed E-state index contributed by atoms with van der Waals surface area (Å²) < 4.78 is 12.5. The second-order valence-electron chi connectivity index (χ2n) is 15.9. The molecule has 2 rings (SSSR count). The van der Waals surface area contributed by atoms with Gasteiger partial charge in [-0.25, -0.2) is 0 Å². The maximum atomic E-state index is 6.41. The monoisotopic (exact) mass is 568 g/mol. The Kier molecular flexibility index (Phi) is 11.6. The van der Waals surface area contributed by atoms with E-state index >= 15 is 0 Å². The molecule has 2 aromatic rings. The number of methoxy groups -OCH3 is 2. The van der Waals surface area contributed by atoms with Crippen LogP contribution in [-0.2, 0) is 15.6 Å². The normalized spacial score (nSPS) is 16.4. The van der Waals surface area contributed by atoms with Crippen LogP contribution < -0.4 is 15.3 Å². The highest BCUT2D eigenvalue weighted by Crippen LogP contribution is 2.47. The van der Waals surface area contributed by atoms with Gasteiger partial charge in [0.2, 0.25) is 0 Å². The molecular weight excluding hydrogens is 507 g/mol. The Bertz CT molecular complexity index is 1030. The maximum absolute atomic E-state index is 6.41. The topological polar surface area (TPSA) is 18.5 Å². The van der Waals surface area contributed by atoms with Crippen LogP contribution in [0.2, 0.25) is 0 Å². The van der Waals surface area contributed by atoms with E-state index in [1.807, 2.05) is 14.2 Å². The van der Waals surface area contributed by atoms with Crippen molar-refractivity contribution in [2.75, 3.05) is 20.4 Å². The summed E-state index contributed by atoms with van der Waals surface area (Å²) in [6, 6.07) is 16.2. The van der Waals surface area contributed by atoms with Crippen LogP contribution in [0.1, 0.15) is 114 Å². The zero-order chi connectivity index (χ0) is 30.7. The van der Waals surface area contributed by atoms with Crippen molar-refractivity contribution in [1.82, 2.24) is 0 Å². The third kappa shape index (κ3) is 8.58. The molecule has 40 heavy (non-hydrogen) atoms. The molecule has 2 aromatic carbocycles. The zero-order valence-electron chi connectivity index (χ0n) is 28.7. The van der Waals surface area contributed by atoms with Gasteiger partial charge >= 0.3 is 0 Å². The van der Waals surface area contributed by atoms with Gasteiger partial charge in [-0.1, -0.05) is 127 Å². The van der Waals surface area contributed by atoms with Crippen LogP contribution in [0.5, 0.6) is 5.75 Å². The van der Waals surface area contributed by atoms with Crippen LogP contribution in [0.25, 0.3) is 0 Å². The van der Waals surface area contributed by atoms with Gasteiger partial charge in [0, 0.05) is 18.2 Å². The van der Waals surface area contributed by atoms with Gasteiger partial charge in [0.25, 0.3) is 0 Å². The summed E-state index contributed by atoms with van der Waals surface area (Å²) in [5, 5.41) is 2.91. The Labute approximate surface area is 249 Å². The molecule has 0 spiro atoms. The van der Waals surface area contributed by atoms with E-state index in [0.29, 0.717) is 11.8 Å². The Morgan fingerprint density at radius 2 is 1.15 bits per heavy atom. The Morgan fingerprint density at radius 1 is 0.675 bits per heavy atom. The quantitative estimate of drug-likeness (QED) is 0.266. The minimum Gasteiger partial charge on any atom is -0.496 e. The predicted molar refractivity (Wildman–Crippen MR) is 179 cm³/mol. The van der Waals surface area contributed by atoms with E-state index in [2.05, 4.69) is 132 Å². The fourth-order valence-electron chi connectivity index (χ4n) is 6.42. The van der Waals surface area contributed by atoms with Crippen molar-refractivity contribution in [3.8, 4) is 5.75 Å². The van der Waals surface area contributed by atoms with Crippen molar-refractivity contribution in [3.05, 3.63) is 53.6 Å². The molecule has 226 valence electrons. The average Bonchev–Trinajstić information content (AvgIpc) is 2.82. The molecule has 0 heterocycles. The first-order valence-corrected chi connectivity index (χ1v) is 16.9. The van der Waals surface area contributed by atoms with Gasteiger partial charge in [0.1, 0.15) is 5.75 Å². The summed E-state index contributed by atoms with van der Waals surface area (Å²) in [4.78, 5) is 0. The minimum absolute atomic E-state index is 0.0187. The van der Waals surface area contributed by atoms with Crippen LogP contribution in [0, 0.1) is 22.7 Å². The third-order valence-electron chi connectivity index (χ3n) is 8.67. The molecule has 0 aliphatic carbocycles. The molecule has 4 unspecified atom stereocenters. The highest BCUT2D eigenvalue weighted by atomic mass is 31.1. The van der Waals surface area contributed by atoms with Crippen molar-refractivity contribution >= 4 is 18.5 Å². The molecule has 0 N–H and O–H groups in total. The molecule has 0 fully saturated rings. The fourth-order valence-corrected chi connectivity index (χ4v) is 8.88. The van der Waals surface area contributed by atoms with Crippen molar-refractivity contribution in [2.24, 2.45) is 22.7 Å². The molecule has 0 saturated heterocycles. The molecule has 0 radical (unpaired) electrons. The number of rotatable bonds is 10. The van der Waals surface area contributed by atoms with Gasteiger partial charge in [-0.2, -0.15) is 0 Å². The lowest BCUT2D eigenvalue weighted by atomic mass is 9.66. The standard InChI is InChI=1S/C37H61O2P/c1-16-28(34(2,3)4)32(38-14)29(35(5,6)7)22-23-40(26-20-18-17-19-21-26)27-24-30(36(8,9)10)33(39-15)31(25-27)37(11,12)13/h17-21,24-25,28-29,32H,16,22-23H2,1-15H3. The van der Waals surface area contributed by atoms with Gasteiger partial charge in [0.15, 0.2) is 0 Å². The molecule has 0 bridgehead atoms. The molecule has 0 aliphatic rings. The number of hydrogen-bond acceptors (Lipinski definition) is 2. The molecule has 0 aromatic heterocycles. The lowest BCUT2D eigenvalue weighted by Gasteiger charge is -2.45. The first-order chi connectivity index (χ1) is 18.3. The van der Waals surface area contributed by atoms with E-state index < -0.39 is 7.92 Å². The third-order valence-corrected chi connectivity index (χ3v) is 11.2. The highest BCUT2D eigenvalue weighted by Gasteiger charge is 2.41. The van der Waals surface area contributed by atoms with Crippen molar-refractivity contribution in [3.63, 3.8) is 0 Å². The second-order valence-corrected chi connectivity index (χ2v) is 18.2. The molecule has 2 nitrogen and oxygen atoms in total. The first-order valence-electron chi connectivity index (χ1n) is 15.4. The lowest BCUT2D eigenvalue weighted by molar-refractivity contribution is -0.0663. The van der Waals surface area contributed by atoms with E-state index in [1.165, 1.54) is 21.7 Å². The number of benzene rings is 2. The maximum Gasteiger partial charge on any atom is 0.126 e. The molecule has 4 atom stereocenters. The van der Waals surface area contributed by atoms with Crippen molar-refractivity contribution < 1.29 is 9.47 Å². The molecular formula is C37H61O2P. The summed E-state index contributed by atoms with van der Waals surface area (Å²) in [6.45, 7) is 30.5. The van der Waals surface area contributed by atoms with E-state index in [0.717, 1.165) is 24.8 Å². The van der Waals surface area contributed by atoms with Crippen LogP contribution in [-0.4, -0.2) is 26.5 Å². The summed E-state index contributed by atoms with van der Waals surface area (Å²) in [5.41, 5.74) is 2.92. The predicted octanol–water partition coefficient (Wildman–Crippen LogP) is 9.86. The summed E-state index contributed by atoms with van der Waals surface area (Å²) in [7, 11) is 3.20. The SMILES string of the molecule is CCC(C(OC)C(CCP(c1ccccc1)c1cc(C(C)(C)C)c(OC)c(C(C)(C)C)c1)C(C)(C)C)C(C)(C)C. The van der Waals surface area contributed by atoms with E-state index in [-0.39, 0.29) is 27.8 Å². The van der Waals surface area contributed by atoms with Gasteiger partial charge in [-0.3, -0.25) is 0 Å². The van der Waals surface area contributed by atoms with Crippen LogP contribution in [0.15, 0.2) is 42.5 Å². The summed E-state index contributed by atoms with van der Waals surface area (Å²) in [5.74, 6) is 2.01. The van der Waals surface area contributed by atoms with Crippen LogP contribution in [0.3, 0.4) is 0 Å². The lowest BCUT2D eigenvalue weighted by Crippen LogP contribution is -2.43. The number of ether oxygens (including phenoxy) is 2. The summed E-state index contributed by atoms with van der Waals surface area (Å²) in [6.07, 6.45) is 3.63. The molecule has 0 amide bonds. The molecule has 0 aliphatic heterocycles. The minimum atomic E-state index is -0.567. The largest absolute Gasteiger partial charge is 0.496 e. The van der Waals surface area contributed by atoms with Gasteiger partial charge in [-0.15, -0.1) is 0 Å². The van der Waals surface area contributed by atoms with Crippen LogP contribution >= 0.6 is 7.92 Å². The first kappa shape index (κ1) is 34.8. The summed E-state index contributed by atoms with van der Waals surface area (Å²) >= 11 is 0. The fraction of sp³-hybridized carbons (Fsp3) is 0.676. The van der Waals surface area contributed by atoms with E-state index in [9.17, 15) is 0 Å². The van der Waals surface area contributed by atoms with Crippen molar-refractivity contribution in [2.45, 2.75) is 120 Å². The van der Waals surface area contributed by atoms with Gasteiger partial charge in [-0.05, 0) is 76.7 Å². The van der Waals surface area contributed by atoms with E-state index in [4.69, 9.17) is 9.47 Å².